The Kier molecular flexibility index (Phi) is 4.81. The molecule has 0 unspecified atom stereocenters. The number of H-pyrrole nitrogens is 1. The van der Waals surface area contributed by atoms with Gasteiger partial charge in [0.25, 0.3) is 0 Å². The highest BCUT2D eigenvalue weighted by Crippen LogP contribution is 2.30. The summed E-state index contributed by atoms with van der Waals surface area (Å²) in [5.41, 5.74) is 2.69. The van der Waals surface area contributed by atoms with Crippen molar-refractivity contribution >= 4 is 32.3 Å². The van der Waals surface area contributed by atoms with E-state index in [1.165, 1.54) is 6.07 Å². The molecule has 0 spiro atoms. The van der Waals surface area contributed by atoms with E-state index in [1.54, 1.807) is 30.9 Å². The number of halogens is 2. The van der Waals surface area contributed by atoms with Gasteiger partial charge in [0, 0.05) is 48.6 Å². The summed E-state index contributed by atoms with van der Waals surface area (Å²) in [5.74, 6) is -0.413. The normalized spacial score (nSPS) is 15.9. The summed E-state index contributed by atoms with van der Waals surface area (Å²) >= 11 is 0. The fourth-order valence-corrected chi connectivity index (χ4v) is 5.35. The molecular weight excluding hydrogens is 424 g/mol. The third-order valence-corrected chi connectivity index (χ3v) is 7.22. The minimum absolute atomic E-state index is 0.0862. The fourth-order valence-electron chi connectivity index (χ4n) is 3.45. The van der Waals surface area contributed by atoms with Crippen molar-refractivity contribution in [1.29, 1.82) is 0 Å². The third-order valence-electron chi connectivity index (χ3n) is 5.05. The molecule has 1 aliphatic rings. The lowest BCUT2D eigenvalue weighted by molar-refractivity contribution is 0.584. The van der Waals surface area contributed by atoms with Crippen LogP contribution in [0.1, 0.15) is 0 Å². The molecule has 1 aromatic carbocycles. The highest BCUT2D eigenvalue weighted by molar-refractivity contribution is 7.93. The van der Waals surface area contributed by atoms with Crippen molar-refractivity contribution in [2.45, 2.75) is 0 Å². The van der Waals surface area contributed by atoms with Crippen LogP contribution in [0, 0.1) is 11.6 Å². The SMILES string of the molecule is O=S1(=Nc2ccc(F)cc2F)CCN(c2nc3ccncc3nc2-c2cn[nH]c2)CC1. The predicted octanol–water partition coefficient (Wildman–Crippen LogP) is 3.31. The first-order chi connectivity index (χ1) is 15.0. The summed E-state index contributed by atoms with van der Waals surface area (Å²) in [6.45, 7) is 0.808. The molecule has 5 rings (SSSR count). The highest BCUT2D eigenvalue weighted by atomic mass is 32.2. The lowest BCUT2D eigenvalue weighted by atomic mass is 10.2. The standard InChI is InChI=1S/C20H17F2N7OS/c21-14-1-2-16(15(22)9-14)28-31(30)7-5-29(6-8-31)20-19(13-10-24-25-11-13)26-18-12-23-4-3-17(18)27-20/h1-4,9-12H,5-8H2,(H,24,25). The second-order valence-electron chi connectivity index (χ2n) is 7.10. The van der Waals surface area contributed by atoms with Gasteiger partial charge in [-0.15, -0.1) is 0 Å². The second-order valence-corrected chi connectivity index (χ2v) is 9.65. The van der Waals surface area contributed by atoms with E-state index in [9.17, 15) is 13.0 Å². The number of nitrogens with zero attached hydrogens (tertiary/aromatic N) is 6. The number of rotatable bonds is 3. The molecule has 0 atom stereocenters. The highest BCUT2D eigenvalue weighted by Gasteiger charge is 2.26. The Hall–Kier alpha value is -3.47. The minimum atomic E-state index is -2.68. The Morgan fingerprint density at radius 3 is 2.65 bits per heavy atom. The van der Waals surface area contributed by atoms with Crippen molar-refractivity contribution < 1.29 is 13.0 Å². The van der Waals surface area contributed by atoms with E-state index >= 15 is 0 Å². The van der Waals surface area contributed by atoms with Crippen LogP contribution in [-0.4, -0.2) is 54.0 Å². The van der Waals surface area contributed by atoms with Crippen LogP contribution in [0.15, 0.2) is 53.4 Å². The van der Waals surface area contributed by atoms with Crippen molar-refractivity contribution in [3.05, 3.63) is 60.7 Å². The predicted molar refractivity (Wildman–Crippen MR) is 113 cm³/mol. The summed E-state index contributed by atoms with van der Waals surface area (Å²) in [5, 5.41) is 6.78. The van der Waals surface area contributed by atoms with Crippen LogP contribution in [0.3, 0.4) is 0 Å². The Balaban J connectivity index is 1.48. The van der Waals surface area contributed by atoms with Crippen molar-refractivity contribution in [2.24, 2.45) is 4.36 Å². The van der Waals surface area contributed by atoms with Crippen LogP contribution in [0.5, 0.6) is 0 Å². The number of fused-ring (bicyclic) bond motifs is 1. The lowest BCUT2D eigenvalue weighted by Gasteiger charge is -2.30. The number of hydrogen-bond acceptors (Lipinski definition) is 7. The number of aromatic amines is 1. The number of anilines is 1. The fraction of sp³-hybridized carbons (Fsp3) is 0.200. The lowest BCUT2D eigenvalue weighted by Crippen LogP contribution is -2.41. The second kappa shape index (κ2) is 7.65. The van der Waals surface area contributed by atoms with Gasteiger partial charge in [-0.05, 0) is 18.2 Å². The first-order valence-corrected chi connectivity index (χ1v) is 11.4. The van der Waals surface area contributed by atoms with E-state index in [2.05, 4.69) is 19.5 Å². The van der Waals surface area contributed by atoms with Crippen LogP contribution in [0.2, 0.25) is 0 Å². The largest absolute Gasteiger partial charge is 0.353 e. The van der Waals surface area contributed by atoms with Gasteiger partial charge < -0.3 is 4.90 Å². The maximum Gasteiger partial charge on any atom is 0.156 e. The summed E-state index contributed by atoms with van der Waals surface area (Å²) < 4.78 is 44.5. The smallest absolute Gasteiger partial charge is 0.156 e. The molecule has 1 saturated heterocycles. The Labute approximate surface area is 176 Å². The van der Waals surface area contributed by atoms with E-state index in [0.717, 1.165) is 17.7 Å². The van der Waals surface area contributed by atoms with Crippen LogP contribution >= 0.6 is 0 Å². The molecule has 11 heteroatoms. The zero-order chi connectivity index (χ0) is 21.4. The quantitative estimate of drug-likeness (QED) is 0.524. The molecule has 0 aliphatic carbocycles. The molecule has 31 heavy (non-hydrogen) atoms. The Bertz CT molecular complexity index is 1370. The van der Waals surface area contributed by atoms with Crippen molar-refractivity contribution in [3.8, 4) is 11.3 Å². The molecule has 3 aromatic heterocycles. The zero-order valence-electron chi connectivity index (χ0n) is 16.2. The van der Waals surface area contributed by atoms with Crippen LogP contribution in [0.25, 0.3) is 22.3 Å². The van der Waals surface area contributed by atoms with Gasteiger partial charge >= 0.3 is 0 Å². The summed E-state index contributed by atoms with van der Waals surface area (Å²) in [6, 6.07) is 4.85. The van der Waals surface area contributed by atoms with E-state index < -0.39 is 21.4 Å². The molecule has 4 heterocycles. The maximum absolute atomic E-state index is 14.0. The first kappa shape index (κ1) is 19.5. The number of benzene rings is 1. The molecule has 1 fully saturated rings. The molecule has 0 saturated carbocycles. The van der Waals surface area contributed by atoms with Crippen LogP contribution < -0.4 is 4.90 Å². The molecule has 4 aromatic rings. The number of aromatic nitrogens is 5. The van der Waals surface area contributed by atoms with Gasteiger partial charge in [-0.2, -0.15) is 9.46 Å². The molecule has 0 amide bonds. The zero-order valence-corrected chi connectivity index (χ0v) is 17.0. The van der Waals surface area contributed by atoms with Crippen LogP contribution in [-0.2, 0) is 9.73 Å². The maximum atomic E-state index is 14.0. The molecular formula is C20H17F2N7OS. The van der Waals surface area contributed by atoms with E-state index in [1.807, 2.05) is 4.90 Å². The average Bonchev–Trinajstić information content (AvgIpc) is 3.30. The third kappa shape index (κ3) is 3.83. The molecule has 158 valence electrons. The van der Waals surface area contributed by atoms with Gasteiger partial charge in [0.15, 0.2) is 11.6 Å². The van der Waals surface area contributed by atoms with Gasteiger partial charge in [0.05, 0.1) is 27.6 Å². The monoisotopic (exact) mass is 441 g/mol. The van der Waals surface area contributed by atoms with E-state index in [-0.39, 0.29) is 17.2 Å². The molecule has 0 bridgehead atoms. The van der Waals surface area contributed by atoms with Crippen molar-refractivity contribution in [2.75, 3.05) is 29.5 Å². The van der Waals surface area contributed by atoms with E-state index in [4.69, 9.17) is 9.97 Å². The summed E-state index contributed by atoms with van der Waals surface area (Å²) in [6.07, 6.45) is 6.69. The van der Waals surface area contributed by atoms with Gasteiger partial charge in [0.1, 0.15) is 22.7 Å². The number of hydrogen-bond donors (Lipinski definition) is 1. The molecule has 1 aliphatic heterocycles. The Morgan fingerprint density at radius 1 is 1.06 bits per heavy atom. The van der Waals surface area contributed by atoms with Gasteiger partial charge in [-0.25, -0.2) is 23.0 Å². The molecule has 0 radical (unpaired) electrons. The first-order valence-electron chi connectivity index (χ1n) is 9.54. The van der Waals surface area contributed by atoms with E-state index in [0.29, 0.717) is 35.6 Å². The minimum Gasteiger partial charge on any atom is -0.353 e. The Morgan fingerprint density at radius 2 is 1.90 bits per heavy atom. The number of nitrogens with one attached hydrogen (secondary N) is 1. The van der Waals surface area contributed by atoms with Gasteiger partial charge in [-0.3, -0.25) is 10.1 Å². The van der Waals surface area contributed by atoms with Crippen LogP contribution in [0.4, 0.5) is 20.3 Å². The van der Waals surface area contributed by atoms with Gasteiger partial charge in [-0.1, -0.05) is 0 Å². The topological polar surface area (TPSA) is 100 Å². The molecule has 8 nitrogen and oxygen atoms in total. The molecule has 1 N–H and O–H groups in total. The summed E-state index contributed by atoms with van der Waals surface area (Å²) in [4.78, 5) is 15.6. The number of pyridine rings is 1. The van der Waals surface area contributed by atoms with Gasteiger partial charge in [0.2, 0.25) is 0 Å². The average molecular weight is 441 g/mol. The van der Waals surface area contributed by atoms with Crippen molar-refractivity contribution in [1.82, 2.24) is 25.1 Å². The van der Waals surface area contributed by atoms with Crippen molar-refractivity contribution in [3.63, 3.8) is 0 Å². The summed E-state index contributed by atoms with van der Waals surface area (Å²) in [7, 11) is -2.68.